The van der Waals surface area contributed by atoms with Gasteiger partial charge < -0.3 is 14.6 Å². The molecule has 1 N–H and O–H groups in total. The van der Waals surface area contributed by atoms with Crippen molar-refractivity contribution in [1.29, 1.82) is 0 Å². The van der Waals surface area contributed by atoms with Crippen molar-refractivity contribution in [3.63, 3.8) is 0 Å². The highest BCUT2D eigenvalue weighted by Crippen LogP contribution is 2.36. The number of benzene rings is 2. The van der Waals surface area contributed by atoms with Crippen molar-refractivity contribution in [3.05, 3.63) is 59.2 Å². The molecule has 0 aliphatic rings. The van der Waals surface area contributed by atoms with E-state index in [9.17, 15) is 5.11 Å². The third-order valence-corrected chi connectivity index (χ3v) is 3.62. The Morgan fingerprint density at radius 2 is 1.91 bits per heavy atom. The van der Waals surface area contributed by atoms with Gasteiger partial charge in [-0.15, -0.1) is 0 Å². The van der Waals surface area contributed by atoms with Gasteiger partial charge in [0.1, 0.15) is 6.61 Å². The molecule has 0 aliphatic carbocycles. The predicted molar refractivity (Wildman–Crippen MR) is 88.4 cm³/mol. The van der Waals surface area contributed by atoms with Crippen LogP contribution in [0.25, 0.3) is 0 Å². The Balaban J connectivity index is 2.24. The molecule has 0 saturated carbocycles. The summed E-state index contributed by atoms with van der Waals surface area (Å²) in [6.07, 6.45) is 1.08. The molecule has 2 aromatic rings. The minimum atomic E-state index is -0.535. The zero-order chi connectivity index (χ0) is 15.9. The molecule has 0 fully saturated rings. The third kappa shape index (κ3) is 4.01. The summed E-state index contributed by atoms with van der Waals surface area (Å²) in [6.45, 7) is 4.56. The summed E-state index contributed by atoms with van der Waals surface area (Å²) in [6, 6.07) is 13.8. The minimum Gasteiger partial charge on any atom is -0.493 e. The zero-order valence-corrected chi connectivity index (χ0v) is 13.5. The van der Waals surface area contributed by atoms with Gasteiger partial charge in [-0.3, -0.25) is 0 Å². The molecule has 0 bridgehead atoms. The van der Waals surface area contributed by atoms with E-state index in [1.54, 1.807) is 7.11 Å². The van der Waals surface area contributed by atoms with Gasteiger partial charge in [0.2, 0.25) is 0 Å². The van der Waals surface area contributed by atoms with Gasteiger partial charge in [-0.1, -0.05) is 55.3 Å². The molecule has 0 heterocycles. The number of aliphatic hydroxyl groups excluding tert-OH is 1. The van der Waals surface area contributed by atoms with Crippen molar-refractivity contribution >= 4 is 0 Å². The quantitative estimate of drug-likeness (QED) is 0.823. The van der Waals surface area contributed by atoms with Crippen LogP contribution in [0.15, 0.2) is 42.5 Å². The minimum absolute atomic E-state index is 0.452. The largest absolute Gasteiger partial charge is 0.493 e. The van der Waals surface area contributed by atoms with E-state index in [1.807, 2.05) is 30.3 Å². The summed E-state index contributed by atoms with van der Waals surface area (Å²) < 4.78 is 11.4. The first-order chi connectivity index (χ1) is 10.7. The van der Waals surface area contributed by atoms with E-state index < -0.39 is 6.10 Å². The SMILES string of the molecule is CCCC(O)c1cccc(OC)c1OCc1cccc(C)c1. The lowest BCUT2D eigenvalue weighted by Gasteiger charge is -2.18. The van der Waals surface area contributed by atoms with Gasteiger partial charge in [0.05, 0.1) is 13.2 Å². The maximum absolute atomic E-state index is 10.3. The van der Waals surface area contributed by atoms with Gasteiger partial charge in [0, 0.05) is 5.56 Å². The van der Waals surface area contributed by atoms with Gasteiger partial charge in [0.15, 0.2) is 11.5 Å². The molecule has 2 rings (SSSR count). The smallest absolute Gasteiger partial charge is 0.167 e. The molecule has 0 aromatic heterocycles. The molecule has 0 spiro atoms. The molecule has 0 aliphatic heterocycles. The summed E-state index contributed by atoms with van der Waals surface area (Å²) >= 11 is 0. The number of aliphatic hydroxyl groups is 1. The van der Waals surface area contributed by atoms with Crippen molar-refractivity contribution in [2.45, 2.75) is 39.4 Å². The van der Waals surface area contributed by atoms with Gasteiger partial charge in [-0.2, -0.15) is 0 Å². The second-order valence-corrected chi connectivity index (χ2v) is 5.46. The van der Waals surface area contributed by atoms with E-state index in [-0.39, 0.29) is 0 Å². The molecule has 0 saturated heterocycles. The second-order valence-electron chi connectivity index (χ2n) is 5.46. The average molecular weight is 300 g/mol. The van der Waals surface area contributed by atoms with Crippen molar-refractivity contribution in [1.82, 2.24) is 0 Å². The highest BCUT2D eigenvalue weighted by Gasteiger charge is 2.17. The van der Waals surface area contributed by atoms with Gasteiger partial charge in [-0.25, -0.2) is 0 Å². The first-order valence-electron chi connectivity index (χ1n) is 7.69. The molecule has 0 radical (unpaired) electrons. The molecule has 3 nitrogen and oxygen atoms in total. The van der Waals surface area contributed by atoms with E-state index in [0.29, 0.717) is 24.5 Å². The van der Waals surface area contributed by atoms with Crippen LogP contribution >= 0.6 is 0 Å². The predicted octanol–water partition coefficient (Wildman–Crippen LogP) is 4.42. The Morgan fingerprint density at radius 1 is 1.14 bits per heavy atom. The van der Waals surface area contributed by atoms with Crippen molar-refractivity contribution in [3.8, 4) is 11.5 Å². The summed E-state index contributed by atoms with van der Waals surface area (Å²) in [4.78, 5) is 0. The Bertz CT molecular complexity index is 607. The summed E-state index contributed by atoms with van der Waals surface area (Å²) in [5.41, 5.74) is 3.09. The van der Waals surface area contributed by atoms with E-state index in [0.717, 1.165) is 17.5 Å². The highest BCUT2D eigenvalue weighted by molar-refractivity contribution is 5.47. The topological polar surface area (TPSA) is 38.7 Å². The maximum Gasteiger partial charge on any atom is 0.167 e. The maximum atomic E-state index is 10.3. The molecule has 118 valence electrons. The molecule has 22 heavy (non-hydrogen) atoms. The molecule has 3 heteroatoms. The lowest BCUT2D eigenvalue weighted by molar-refractivity contribution is 0.158. The molecule has 0 amide bonds. The number of para-hydroxylation sites is 1. The number of methoxy groups -OCH3 is 1. The first kappa shape index (κ1) is 16.4. The molecule has 2 aromatic carbocycles. The standard InChI is InChI=1S/C19H24O3/c1-4-7-17(20)16-10-6-11-18(21-3)19(16)22-13-15-9-5-8-14(2)12-15/h5-6,8-12,17,20H,4,7,13H2,1-3H3. The van der Waals surface area contributed by atoms with Crippen LogP contribution in [-0.2, 0) is 6.61 Å². The van der Waals surface area contributed by atoms with Crippen LogP contribution in [0.1, 0.15) is 42.6 Å². The van der Waals surface area contributed by atoms with Crippen LogP contribution in [0.5, 0.6) is 11.5 Å². The van der Waals surface area contributed by atoms with Gasteiger partial charge >= 0.3 is 0 Å². The van der Waals surface area contributed by atoms with E-state index in [1.165, 1.54) is 5.56 Å². The fraction of sp³-hybridized carbons (Fsp3) is 0.368. The van der Waals surface area contributed by atoms with Crippen molar-refractivity contribution in [2.75, 3.05) is 7.11 Å². The third-order valence-electron chi connectivity index (χ3n) is 3.62. The van der Waals surface area contributed by atoms with Gasteiger partial charge in [0.25, 0.3) is 0 Å². The summed E-state index contributed by atoms with van der Waals surface area (Å²) in [5, 5.41) is 10.3. The Kier molecular flexibility index (Phi) is 5.84. The number of aryl methyl sites for hydroxylation is 1. The monoisotopic (exact) mass is 300 g/mol. The average Bonchev–Trinajstić information content (AvgIpc) is 2.52. The van der Waals surface area contributed by atoms with Crippen LogP contribution < -0.4 is 9.47 Å². The van der Waals surface area contributed by atoms with E-state index in [2.05, 4.69) is 26.0 Å². The number of rotatable bonds is 7. The molecule has 1 unspecified atom stereocenters. The zero-order valence-electron chi connectivity index (χ0n) is 13.5. The van der Waals surface area contributed by atoms with Crippen LogP contribution in [-0.4, -0.2) is 12.2 Å². The fourth-order valence-electron chi connectivity index (χ4n) is 2.50. The summed E-state index contributed by atoms with van der Waals surface area (Å²) in [7, 11) is 1.62. The van der Waals surface area contributed by atoms with E-state index >= 15 is 0 Å². The Hall–Kier alpha value is -2.00. The Labute approximate surface area is 132 Å². The molecular weight excluding hydrogens is 276 g/mol. The highest BCUT2D eigenvalue weighted by atomic mass is 16.5. The number of ether oxygens (including phenoxy) is 2. The Morgan fingerprint density at radius 3 is 2.59 bits per heavy atom. The number of hydrogen-bond acceptors (Lipinski definition) is 3. The molecule has 1 atom stereocenters. The van der Waals surface area contributed by atoms with Crippen LogP contribution in [0.2, 0.25) is 0 Å². The normalized spacial score (nSPS) is 12.0. The lowest BCUT2D eigenvalue weighted by atomic mass is 10.0. The van der Waals surface area contributed by atoms with Crippen LogP contribution in [0.4, 0.5) is 0 Å². The first-order valence-corrected chi connectivity index (χ1v) is 7.69. The second kappa shape index (κ2) is 7.85. The van der Waals surface area contributed by atoms with Crippen LogP contribution in [0.3, 0.4) is 0 Å². The lowest BCUT2D eigenvalue weighted by Crippen LogP contribution is -2.05. The molecular formula is C19H24O3. The fourth-order valence-corrected chi connectivity index (χ4v) is 2.50. The summed E-state index contributed by atoms with van der Waals surface area (Å²) in [5.74, 6) is 1.28. The number of hydrogen-bond donors (Lipinski definition) is 1. The van der Waals surface area contributed by atoms with Gasteiger partial charge in [-0.05, 0) is 25.0 Å². The van der Waals surface area contributed by atoms with Crippen molar-refractivity contribution < 1.29 is 14.6 Å². The van der Waals surface area contributed by atoms with E-state index in [4.69, 9.17) is 9.47 Å². The van der Waals surface area contributed by atoms with Crippen LogP contribution in [0, 0.1) is 6.92 Å². The van der Waals surface area contributed by atoms with Crippen molar-refractivity contribution in [2.24, 2.45) is 0 Å².